The minimum atomic E-state index is -4.83. The third kappa shape index (κ3) is 2.96. The Hall–Kier alpha value is -2.84. The van der Waals surface area contributed by atoms with Crippen LogP contribution in [0.2, 0.25) is 0 Å². The van der Waals surface area contributed by atoms with E-state index in [4.69, 9.17) is 10.00 Å². The normalized spacial score (nSPS) is 27.0. The van der Waals surface area contributed by atoms with Crippen molar-refractivity contribution in [2.75, 3.05) is 6.61 Å². The summed E-state index contributed by atoms with van der Waals surface area (Å²) in [5.41, 5.74) is -4.22. The van der Waals surface area contributed by atoms with Crippen LogP contribution >= 0.6 is 0 Å². The fraction of sp³-hybridized carbons (Fsp3) is 0.450. The predicted octanol–water partition coefficient (Wildman–Crippen LogP) is 4.50. The van der Waals surface area contributed by atoms with Crippen LogP contribution in [0.1, 0.15) is 42.5 Å². The summed E-state index contributed by atoms with van der Waals surface area (Å²) in [6, 6.07) is 4.22. The molecular weight excluding hydrogens is 427 g/mol. The van der Waals surface area contributed by atoms with Crippen LogP contribution in [0.4, 0.5) is 22.0 Å². The number of aromatic hydroxyl groups is 2. The van der Waals surface area contributed by atoms with E-state index in [0.717, 1.165) is 16.7 Å². The quantitative estimate of drug-likeness (QED) is 0.679. The lowest BCUT2D eigenvalue weighted by Gasteiger charge is -2.29. The van der Waals surface area contributed by atoms with Gasteiger partial charge in [-0.25, -0.2) is 0 Å². The van der Waals surface area contributed by atoms with Gasteiger partial charge in [-0.2, -0.15) is 27.2 Å². The molecule has 1 aromatic carbocycles. The van der Waals surface area contributed by atoms with Gasteiger partial charge in [0, 0.05) is 5.92 Å². The van der Waals surface area contributed by atoms with Gasteiger partial charge < -0.3 is 19.7 Å². The minimum absolute atomic E-state index is 0.111. The Morgan fingerprint density at radius 1 is 1.26 bits per heavy atom. The zero-order valence-electron chi connectivity index (χ0n) is 16.3. The monoisotopic (exact) mass is 444 g/mol. The van der Waals surface area contributed by atoms with Gasteiger partial charge in [-0.15, -0.1) is 0 Å². The Morgan fingerprint density at radius 3 is 2.48 bits per heavy atom. The first-order valence-electron chi connectivity index (χ1n) is 9.22. The molecule has 4 rings (SSSR count). The van der Waals surface area contributed by atoms with Crippen molar-refractivity contribution < 1.29 is 41.6 Å². The summed E-state index contributed by atoms with van der Waals surface area (Å²) in [5, 5.41) is 30.7. The molecule has 31 heavy (non-hydrogen) atoms. The molecule has 2 aliphatic heterocycles. The third-order valence-corrected chi connectivity index (χ3v) is 6.11. The third-order valence-electron chi connectivity index (χ3n) is 6.11. The van der Waals surface area contributed by atoms with Crippen LogP contribution in [-0.4, -0.2) is 28.0 Å². The van der Waals surface area contributed by atoms with E-state index in [1.165, 1.54) is 6.07 Å². The average molecular weight is 444 g/mol. The summed E-state index contributed by atoms with van der Waals surface area (Å²) in [6.07, 6.45) is -4.64. The molecule has 2 N–H and O–H groups in total. The molecule has 6 nitrogen and oxygen atoms in total. The van der Waals surface area contributed by atoms with Crippen LogP contribution in [-0.2, 0) is 26.9 Å². The lowest BCUT2D eigenvalue weighted by Crippen LogP contribution is -2.32. The molecule has 2 bridgehead atoms. The molecule has 0 amide bonds. The van der Waals surface area contributed by atoms with Gasteiger partial charge in [0.25, 0.3) is 0 Å². The van der Waals surface area contributed by atoms with E-state index >= 15 is 0 Å². The Balaban J connectivity index is 1.86. The topological polar surface area (TPSA) is 87.6 Å². The minimum Gasteiger partial charge on any atom is -0.494 e. The molecule has 0 radical (unpaired) electrons. The van der Waals surface area contributed by atoms with E-state index in [2.05, 4.69) is 4.74 Å². The van der Waals surface area contributed by atoms with Gasteiger partial charge in [0.15, 0.2) is 0 Å². The molecular formula is C20H17F5N2O4. The second-order valence-corrected chi connectivity index (χ2v) is 8.01. The maximum absolute atomic E-state index is 13.4. The molecule has 0 saturated carbocycles. The lowest BCUT2D eigenvalue weighted by molar-refractivity contribution is -0.152. The number of nitrogens with zero attached hydrogens (tertiary/aromatic N) is 2. The van der Waals surface area contributed by atoms with E-state index in [0.29, 0.717) is 6.07 Å². The summed E-state index contributed by atoms with van der Waals surface area (Å²) in [7, 11) is 0. The number of alkyl halides is 5. The molecule has 2 aromatic rings. The van der Waals surface area contributed by atoms with Gasteiger partial charge in [-0.05, 0) is 38.5 Å². The fourth-order valence-electron chi connectivity index (χ4n) is 4.84. The van der Waals surface area contributed by atoms with Crippen molar-refractivity contribution in [3.05, 3.63) is 40.5 Å². The van der Waals surface area contributed by atoms with Crippen LogP contribution in [0.15, 0.2) is 18.2 Å². The van der Waals surface area contributed by atoms with Gasteiger partial charge in [-0.3, -0.25) is 4.57 Å². The van der Waals surface area contributed by atoms with Gasteiger partial charge in [0.05, 0.1) is 46.2 Å². The van der Waals surface area contributed by atoms with Crippen molar-refractivity contribution in [3.63, 3.8) is 0 Å². The molecule has 2 aliphatic rings. The van der Waals surface area contributed by atoms with Gasteiger partial charge in [0.1, 0.15) is 5.60 Å². The Morgan fingerprint density at radius 2 is 1.90 bits per heavy atom. The van der Waals surface area contributed by atoms with E-state index in [1.54, 1.807) is 13.8 Å². The highest BCUT2D eigenvalue weighted by atomic mass is 19.4. The van der Waals surface area contributed by atoms with Crippen molar-refractivity contribution >= 4 is 0 Å². The summed E-state index contributed by atoms with van der Waals surface area (Å²) >= 11 is 0. The van der Waals surface area contributed by atoms with E-state index in [-0.39, 0.29) is 29.8 Å². The lowest BCUT2D eigenvalue weighted by atomic mass is 9.73. The molecule has 166 valence electrons. The molecule has 11 heteroatoms. The first kappa shape index (κ1) is 21.4. The smallest absolute Gasteiger partial charge is 0.417 e. The summed E-state index contributed by atoms with van der Waals surface area (Å²) in [4.78, 5) is 0. The van der Waals surface area contributed by atoms with Crippen molar-refractivity contribution in [3.8, 4) is 23.5 Å². The number of fused-ring (bicyclic) bond motifs is 5. The van der Waals surface area contributed by atoms with E-state index in [9.17, 15) is 32.2 Å². The molecule has 1 fully saturated rings. The number of hydrogen-bond acceptors (Lipinski definition) is 5. The van der Waals surface area contributed by atoms with Crippen LogP contribution in [0, 0.1) is 17.2 Å². The second-order valence-electron chi connectivity index (χ2n) is 8.01. The molecule has 3 heterocycles. The summed E-state index contributed by atoms with van der Waals surface area (Å²) < 4.78 is 76.4. The van der Waals surface area contributed by atoms with Crippen molar-refractivity contribution in [2.45, 2.75) is 44.3 Å². The highest BCUT2D eigenvalue weighted by Gasteiger charge is 2.64. The van der Waals surface area contributed by atoms with Crippen molar-refractivity contribution in [1.82, 2.24) is 4.57 Å². The highest BCUT2D eigenvalue weighted by molar-refractivity contribution is 5.62. The van der Waals surface area contributed by atoms with Crippen LogP contribution < -0.4 is 0 Å². The van der Waals surface area contributed by atoms with Crippen molar-refractivity contribution in [1.29, 1.82) is 5.26 Å². The number of halogens is 5. The first-order valence-corrected chi connectivity index (χ1v) is 9.22. The Bertz CT molecular complexity index is 1110. The zero-order valence-corrected chi connectivity index (χ0v) is 16.3. The Labute approximate surface area is 173 Å². The number of ether oxygens (including phenoxy) is 2. The molecule has 1 saturated heterocycles. The van der Waals surface area contributed by atoms with Gasteiger partial charge in [0.2, 0.25) is 11.8 Å². The molecule has 0 unspecified atom stereocenters. The second kappa shape index (κ2) is 6.58. The van der Waals surface area contributed by atoms with Crippen LogP contribution in [0.25, 0.3) is 5.69 Å². The summed E-state index contributed by atoms with van der Waals surface area (Å²) in [5.74, 6) is -1.69. The van der Waals surface area contributed by atoms with E-state index < -0.39 is 52.8 Å². The maximum Gasteiger partial charge on any atom is 0.417 e. The number of hydrogen-bond donors (Lipinski definition) is 2. The number of nitriles is 1. The molecule has 0 aliphatic carbocycles. The summed E-state index contributed by atoms with van der Waals surface area (Å²) in [6.45, 7) is -0.222. The first-order chi connectivity index (χ1) is 14.3. The van der Waals surface area contributed by atoms with Crippen LogP contribution in [0.3, 0.4) is 0 Å². The standard InChI is InChI=1S/C20H17F5N2O4/c1-18-6-10(8-30-17(21)22)19(2,31-18)14-13(18)15(28)27(16(14)29)11-4-3-9(7-26)12(5-11)20(23,24)25/h3-5,10,17,28-29H,6,8H2,1-2H3/t10-,18+,19-/m0/s1. The van der Waals surface area contributed by atoms with Crippen LogP contribution in [0.5, 0.6) is 11.8 Å². The number of rotatable bonds is 4. The average Bonchev–Trinajstić information content (AvgIpc) is 3.19. The largest absolute Gasteiger partial charge is 0.494 e. The maximum atomic E-state index is 13.4. The predicted molar refractivity (Wildman–Crippen MR) is 94.7 cm³/mol. The molecule has 3 atom stereocenters. The zero-order chi connectivity index (χ0) is 22.9. The Kier molecular flexibility index (Phi) is 4.54. The number of aromatic nitrogens is 1. The van der Waals surface area contributed by atoms with Crippen molar-refractivity contribution in [2.24, 2.45) is 5.92 Å². The molecule has 1 aromatic heterocycles. The number of benzene rings is 1. The SMILES string of the molecule is C[C@]12C[C@@H](COC(F)F)[C@](C)(O1)c1c2c(O)n(-c2ccc(C#N)c(C(F)(F)F)c2)c1O. The molecule has 0 spiro atoms. The highest BCUT2D eigenvalue weighted by Crippen LogP contribution is 2.66. The fourth-order valence-corrected chi connectivity index (χ4v) is 4.84. The van der Waals surface area contributed by atoms with Gasteiger partial charge in [-0.1, -0.05) is 0 Å². The van der Waals surface area contributed by atoms with E-state index in [1.807, 2.05) is 0 Å². The van der Waals surface area contributed by atoms with Gasteiger partial charge >= 0.3 is 12.8 Å².